The molecule has 0 aliphatic carbocycles. The summed E-state index contributed by atoms with van der Waals surface area (Å²) < 4.78 is 0. The molecule has 0 heterocycles. The van der Waals surface area contributed by atoms with E-state index in [-0.39, 0.29) is 12.6 Å². The van der Waals surface area contributed by atoms with Crippen molar-refractivity contribution < 1.29 is 15.0 Å². The number of carboxylic acids is 1. The number of nitrogens with one attached hydrogen (secondary N) is 2. The van der Waals surface area contributed by atoms with Crippen molar-refractivity contribution in [2.24, 2.45) is 0 Å². The first-order valence-corrected chi connectivity index (χ1v) is 3.94. The lowest BCUT2D eigenvalue weighted by atomic mass is 10.4. The van der Waals surface area contributed by atoms with Gasteiger partial charge in [0.1, 0.15) is 0 Å². The van der Waals surface area contributed by atoms with Crippen molar-refractivity contribution in [2.75, 3.05) is 26.2 Å². The van der Waals surface area contributed by atoms with Crippen molar-refractivity contribution in [3.63, 3.8) is 0 Å². The van der Waals surface area contributed by atoms with Crippen LogP contribution in [0.25, 0.3) is 0 Å². The molecule has 0 aliphatic heterocycles. The normalized spacial score (nSPS) is 12.8. The Morgan fingerprint density at radius 1 is 1.42 bits per heavy atom. The van der Waals surface area contributed by atoms with Crippen LogP contribution in [0.3, 0.4) is 0 Å². The van der Waals surface area contributed by atoms with Crippen molar-refractivity contribution in [3.05, 3.63) is 0 Å². The monoisotopic (exact) mass is 176 g/mol. The number of hydrogen-bond acceptors (Lipinski definition) is 4. The molecule has 0 rings (SSSR count). The number of carbonyl (C=O) groups is 1. The average Bonchev–Trinajstić information content (AvgIpc) is 1.95. The molecule has 0 aromatic carbocycles. The zero-order chi connectivity index (χ0) is 9.40. The number of aliphatic carboxylic acids is 1. The van der Waals surface area contributed by atoms with Crippen LogP contribution in [-0.4, -0.2) is 48.5 Å². The number of rotatable bonds is 7. The predicted octanol–water partition coefficient (Wildman–Crippen LogP) is -1.37. The SMILES string of the molecule is CC(O)CNCCNCC(=O)O. The van der Waals surface area contributed by atoms with E-state index in [0.29, 0.717) is 19.6 Å². The second kappa shape index (κ2) is 7.02. The lowest BCUT2D eigenvalue weighted by molar-refractivity contribution is -0.135. The van der Waals surface area contributed by atoms with Crippen LogP contribution < -0.4 is 10.6 Å². The van der Waals surface area contributed by atoms with Gasteiger partial charge in [-0.25, -0.2) is 0 Å². The number of aliphatic hydroxyl groups is 1. The summed E-state index contributed by atoms with van der Waals surface area (Å²) >= 11 is 0. The van der Waals surface area contributed by atoms with Crippen molar-refractivity contribution in [3.8, 4) is 0 Å². The zero-order valence-corrected chi connectivity index (χ0v) is 7.21. The van der Waals surface area contributed by atoms with Gasteiger partial charge in [-0.2, -0.15) is 0 Å². The summed E-state index contributed by atoms with van der Waals surface area (Å²) in [6.45, 7) is 3.47. The molecule has 1 atom stereocenters. The fraction of sp³-hybridized carbons (Fsp3) is 0.857. The van der Waals surface area contributed by atoms with Crippen LogP contribution in [0.1, 0.15) is 6.92 Å². The number of hydrogen-bond donors (Lipinski definition) is 4. The van der Waals surface area contributed by atoms with Crippen molar-refractivity contribution in [2.45, 2.75) is 13.0 Å². The first-order valence-electron chi connectivity index (χ1n) is 3.94. The predicted molar refractivity (Wildman–Crippen MR) is 45.1 cm³/mol. The smallest absolute Gasteiger partial charge is 0.317 e. The molecule has 0 aliphatic rings. The molecule has 0 spiro atoms. The Labute approximate surface area is 71.8 Å². The van der Waals surface area contributed by atoms with E-state index in [9.17, 15) is 4.79 Å². The van der Waals surface area contributed by atoms with Gasteiger partial charge in [-0.15, -0.1) is 0 Å². The molecule has 5 heteroatoms. The van der Waals surface area contributed by atoms with Gasteiger partial charge in [0.25, 0.3) is 0 Å². The zero-order valence-electron chi connectivity index (χ0n) is 7.21. The minimum atomic E-state index is -0.856. The van der Waals surface area contributed by atoms with Gasteiger partial charge in [-0.3, -0.25) is 4.79 Å². The topological polar surface area (TPSA) is 81.6 Å². The number of carboxylic acid groups (broad SMARTS) is 1. The first kappa shape index (κ1) is 11.4. The van der Waals surface area contributed by atoms with Gasteiger partial charge in [-0.05, 0) is 6.92 Å². The summed E-state index contributed by atoms with van der Waals surface area (Å²) in [5.74, 6) is -0.856. The summed E-state index contributed by atoms with van der Waals surface area (Å²) in [5, 5.41) is 22.7. The maximum absolute atomic E-state index is 10.0. The molecular weight excluding hydrogens is 160 g/mol. The fourth-order valence-electron chi connectivity index (χ4n) is 0.683. The van der Waals surface area contributed by atoms with Crippen LogP contribution in [-0.2, 0) is 4.79 Å². The van der Waals surface area contributed by atoms with Crippen LogP contribution in [0.15, 0.2) is 0 Å². The van der Waals surface area contributed by atoms with Crippen molar-refractivity contribution in [1.82, 2.24) is 10.6 Å². The van der Waals surface area contributed by atoms with E-state index in [4.69, 9.17) is 10.2 Å². The molecule has 0 fully saturated rings. The molecule has 0 aromatic rings. The number of aliphatic hydroxyl groups excluding tert-OH is 1. The molecule has 1 unspecified atom stereocenters. The van der Waals surface area contributed by atoms with E-state index >= 15 is 0 Å². The third kappa shape index (κ3) is 9.35. The molecule has 4 N–H and O–H groups in total. The van der Waals surface area contributed by atoms with Crippen LogP contribution in [0, 0.1) is 0 Å². The maximum Gasteiger partial charge on any atom is 0.317 e. The third-order valence-corrected chi connectivity index (χ3v) is 1.19. The molecule has 0 aromatic heterocycles. The molecule has 0 amide bonds. The molecule has 12 heavy (non-hydrogen) atoms. The largest absolute Gasteiger partial charge is 0.480 e. The average molecular weight is 176 g/mol. The lowest BCUT2D eigenvalue weighted by Crippen LogP contribution is -2.33. The highest BCUT2D eigenvalue weighted by Crippen LogP contribution is 1.72. The molecule has 0 radical (unpaired) electrons. The summed E-state index contributed by atoms with van der Waals surface area (Å²) in [6.07, 6.45) is -0.357. The highest BCUT2D eigenvalue weighted by molar-refractivity contribution is 5.68. The van der Waals surface area contributed by atoms with Gasteiger partial charge >= 0.3 is 5.97 Å². The van der Waals surface area contributed by atoms with Crippen LogP contribution in [0.5, 0.6) is 0 Å². The quantitative estimate of drug-likeness (QED) is 0.360. The van der Waals surface area contributed by atoms with E-state index in [2.05, 4.69) is 10.6 Å². The van der Waals surface area contributed by atoms with Gasteiger partial charge < -0.3 is 20.8 Å². The Hall–Kier alpha value is -0.650. The Kier molecular flexibility index (Phi) is 6.64. The molecule has 0 saturated heterocycles. The lowest BCUT2D eigenvalue weighted by Gasteiger charge is -2.06. The first-order chi connectivity index (χ1) is 5.63. The Morgan fingerprint density at radius 3 is 2.50 bits per heavy atom. The highest BCUT2D eigenvalue weighted by Gasteiger charge is 1.95. The van der Waals surface area contributed by atoms with E-state index in [1.165, 1.54) is 0 Å². The van der Waals surface area contributed by atoms with Gasteiger partial charge in [-0.1, -0.05) is 0 Å². The van der Waals surface area contributed by atoms with Gasteiger partial charge in [0.05, 0.1) is 12.6 Å². The van der Waals surface area contributed by atoms with E-state index in [0.717, 1.165) is 0 Å². The van der Waals surface area contributed by atoms with E-state index in [1.807, 2.05) is 0 Å². The van der Waals surface area contributed by atoms with Gasteiger partial charge in [0.15, 0.2) is 0 Å². The summed E-state index contributed by atoms with van der Waals surface area (Å²) in [4.78, 5) is 10.0. The molecular formula is C7H16N2O3. The summed E-state index contributed by atoms with van der Waals surface area (Å²) in [5.41, 5.74) is 0. The van der Waals surface area contributed by atoms with Gasteiger partial charge in [0.2, 0.25) is 0 Å². The van der Waals surface area contributed by atoms with Crippen molar-refractivity contribution in [1.29, 1.82) is 0 Å². The van der Waals surface area contributed by atoms with E-state index in [1.54, 1.807) is 6.92 Å². The minimum Gasteiger partial charge on any atom is -0.480 e. The van der Waals surface area contributed by atoms with Crippen LogP contribution >= 0.6 is 0 Å². The molecule has 5 nitrogen and oxygen atoms in total. The Morgan fingerprint density at radius 2 is 2.00 bits per heavy atom. The molecule has 0 bridgehead atoms. The third-order valence-electron chi connectivity index (χ3n) is 1.19. The summed E-state index contributed by atoms with van der Waals surface area (Å²) in [6, 6.07) is 0. The Bertz CT molecular complexity index is 128. The van der Waals surface area contributed by atoms with Crippen LogP contribution in [0.2, 0.25) is 0 Å². The minimum absolute atomic E-state index is 0.0175. The van der Waals surface area contributed by atoms with Gasteiger partial charge in [0, 0.05) is 19.6 Å². The van der Waals surface area contributed by atoms with E-state index < -0.39 is 5.97 Å². The fourth-order valence-corrected chi connectivity index (χ4v) is 0.683. The molecule has 72 valence electrons. The van der Waals surface area contributed by atoms with Crippen molar-refractivity contribution >= 4 is 5.97 Å². The molecule has 0 saturated carbocycles. The Balaban J connectivity index is 2.96. The summed E-state index contributed by atoms with van der Waals surface area (Å²) in [7, 11) is 0. The second-order valence-corrected chi connectivity index (χ2v) is 2.62. The van der Waals surface area contributed by atoms with Crippen LogP contribution in [0.4, 0.5) is 0 Å². The second-order valence-electron chi connectivity index (χ2n) is 2.62. The standard InChI is InChI=1S/C7H16N2O3/c1-6(10)4-8-2-3-9-5-7(11)12/h6,8-10H,2-5H2,1H3,(H,11,12). The maximum atomic E-state index is 10.0. The highest BCUT2D eigenvalue weighted by atomic mass is 16.4.